The summed E-state index contributed by atoms with van der Waals surface area (Å²) in [7, 11) is 0. The van der Waals surface area contributed by atoms with Crippen LogP contribution in [0.1, 0.15) is 5.56 Å². The molecule has 0 spiro atoms. The molecule has 2 rings (SSSR count). The highest BCUT2D eigenvalue weighted by molar-refractivity contribution is 6.42. The van der Waals surface area contributed by atoms with E-state index < -0.39 is 0 Å². The molecule has 0 aliphatic rings. The first-order chi connectivity index (χ1) is 8.16. The van der Waals surface area contributed by atoms with Gasteiger partial charge in [-0.2, -0.15) is 0 Å². The second-order valence-corrected chi connectivity index (χ2v) is 4.38. The number of hydrogen-bond acceptors (Lipinski definition) is 3. The zero-order valence-electron chi connectivity index (χ0n) is 8.95. The van der Waals surface area contributed by atoms with Gasteiger partial charge in [-0.1, -0.05) is 29.3 Å². The van der Waals surface area contributed by atoms with Crippen molar-refractivity contribution in [2.75, 3.05) is 11.1 Å². The maximum atomic E-state index is 5.93. The number of benzene rings is 1. The third-order valence-electron chi connectivity index (χ3n) is 2.30. The van der Waals surface area contributed by atoms with Crippen LogP contribution in [0.15, 0.2) is 36.7 Å². The number of hydrogen-bond donors (Lipinski definition) is 2. The van der Waals surface area contributed by atoms with Crippen molar-refractivity contribution in [3.05, 3.63) is 52.3 Å². The van der Waals surface area contributed by atoms with Crippen molar-refractivity contribution in [1.82, 2.24) is 4.98 Å². The van der Waals surface area contributed by atoms with E-state index in [2.05, 4.69) is 10.3 Å². The van der Waals surface area contributed by atoms with Crippen LogP contribution in [0.2, 0.25) is 10.0 Å². The van der Waals surface area contributed by atoms with Crippen molar-refractivity contribution in [3.8, 4) is 0 Å². The van der Waals surface area contributed by atoms with E-state index in [4.69, 9.17) is 28.9 Å². The summed E-state index contributed by atoms with van der Waals surface area (Å²) in [6.45, 7) is 0.635. The number of nitrogen functional groups attached to an aromatic ring is 1. The van der Waals surface area contributed by atoms with Gasteiger partial charge in [0.1, 0.15) is 0 Å². The highest BCUT2D eigenvalue weighted by Crippen LogP contribution is 2.30. The van der Waals surface area contributed by atoms with E-state index in [1.165, 1.54) is 0 Å². The predicted molar refractivity (Wildman–Crippen MR) is 72.4 cm³/mol. The summed E-state index contributed by atoms with van der Waals surface area (Å²) in [5.41, 5.74) is 8.24. The standard InChI is InChI=1S/C12H11Cl2N3/c13-9-4-11(15)12(5-10(9)14)17-7-8-2-1-3-16-6-8/h1-6,17H,7,15H2. The minimum absolute atomic E-state index is 0.455. The smallest absolute Gasteiger partial charge is 0.0614 e. The summed E-state index contributed by atoms with van der Waals surface area (Å²) in [5.74, 6) is 0. The minimum Gasteiger partial charge on any atom is -0.397 e. The van der Waals surface area contributed by atoms with Gasteiger partial charge >= 0.3 is 0 Å². The maximum absolute atomic E-state index is 5.93. The third-order valence-corrected chi connectivity index (χ3v) is 3.02. The SMILES string of the molecule is Nc1cc(Cl)c(Cl)cc1NCc1cccnc1. The molecule has 0 radical (unpaired) electrons. The van der Waals surface area contributed by atoms with E-state index in [1.807, 2.05) is 12.1 Å². The Labute approximate surface area is 110 Å². The first-order valence-corrected chi connectivity index (χ1v) is 5.79. The summed E-state index contributed by atoms with van der Waals surface area (Å²) in [6, 6.07) is 7.22. The molecule has 0 saturated heterocycles. The van der Waals surface area contributed by atoms with Crippen LogP contribution in [0.3, 0.4) is 0 Å². The number of rotatable bonds is 3. The molecule has 0 unspecified atom stereocenters. The monoisotopic (exact) mass is 267 g/mol. The molecule has 1 heterocycles. The molecule has 0 fully saturated rings. The molecular weight excluding hydrogens is 257 g/mol. The topological polar surface area (TPSA) is 50.9 Å². The Hall–Kier alpha value is -1.45. The van der Waals surface area contributed by atoms with Crippen LogP contribution in [0.5, 0.6) is 0 Å². The van der Waals surface area contributed by atoms with Crippen molar-refractivity contribution in [1.29, 1.82) is 0 Å². The molecule has 2 aromatic rings. The summed E-state index contributed by atoms with van der Waals surface area (Å²) in [4.78, 5) is 4.03. The molecule has 5 heteroatoms. The lowest BCUT2D eigenvalue weighted by atomic mass is 10.2. The van der Waals surface area contributed by atoms with Gasteiger partial charge in [-0.15, -0.1) is 0 Å². The van der Waals surface area contributed by atoms with Crippen LogP contribution in [-0.4, -0.2) is 4.98 Å². The fourth-order valence-corrected chi connectivity index (χ4v) is 1.75. The van der Waals surface area contributed by atoms with Gasteiger partial charge in [-0.3, -0.25) is 4.98 Å². The summed E-state index contributed by atoms with van der Waals surface area (Å²) in [6.07, 6.45) is 3.53. The summed E-state index contributed by atoms with van der Waals surface area (Å²) < 4.78 is 0. The molecule has 1 aromatic heterocycles. The van der Waals surface area contributed by atoms with Crippen LogP contribution in [0, 0.1) is 0 Å². The van der Waals surface area contributed by atoms with Crippen LogP contribution < -0.4 is 11.1 Å². The van der Waals surface area contributed by atoms with Crippen LogP contribution in [-0.2, 0) is 6.54 Å². The van der Waals surface area contributed by atoms with Crippen molar-refractivity contribution >= 4 is 34.6 Å². The maximum Gasteiger partial charge on any atom is 0.0614 e. The van der Waals surface area contributed by atoms with E-state index in [1.54, 1.807) is 24.5 Å². The fraction of sp³-hybridized carbons (Fsp3) is 0.0833. The number of nitrogens with one attached hydrogen (secondary N) is 1. The summed E-state index contributed by atoms with van der Waals surface area (Å²) >= 11 is 11.8. The largest absolute Gasteiger partial charge is 0.397 e. The Kier molecular flexibility index (Phi) is 3.71. The van der Waals surface area contributed by atoms with Crippen molar-refractivity contribution in [3.63, 3.8) is 0 Å². The average molecular weight is 268 g/mol. The second kappa shape index (κ2) is 5.25. The average Bonchev–Trinajstić information content (AvgIpc) is 2.33. The van der Waals surface area contributed by atoms with Crippen molar-refractivity contribution < 1.29 is 0 Å². The molecular formula is C12H11Cl2N3. The number of nitrogens with two attached hydrogens (primary N) is 1. The third kappa shape index (κ3) is 3.02. The number of halogens is 2. The molecule has 17 heavy (non-hydrogen) atoms. The fourth-order valence-electron chi connectivity index (χ4n) is 1.42. The van der Waals surface area contributed by atoms with Crippen LogP contribution >= 0.6 is 23.2 Å². The zero-order valence-corrected chi connectivity index (χ0v) is 10.5. The van der Waals surface area contributed by atoms with Gasteiger partial charge in [-0.25, -0.2) is 0 Å². The molecule has 3 nitrogen and oxygen atoms in total. The zero-order chi connectivity index (χ0) is 12.3. The van der Waals surface area contributed by atoms with E-state index >= 15 is 0 Å². The van der Waals surface area contributed by atoms with Crippen molar-refractivity contribution in [2.24, 2.45) is 0 Å². The highest BCUT2D eigenvalue weighted by atomic mass is 35.5. The van der Waals surface area contributed by atoms with E-state index in [9.17, 15) is 0 Å². The first-order valence-electron chi connectivity index (χ1n) is 5.04. The Bertz CT molecular complexity index is 515. The molecule has 0 amide bonds. The number of pyridine rings is 1. The Balaban J connectivity index is 2.12. The van der Waals surface area contributed by atoms with E-state index in [0.29, 0.717) is 22.3 Å². The Morgan fingerprint density at radius 1 is 1.24 bits per heavy atom. The molecule has 0 aliphatic carbocycles. The lowest BCUT2D eigenvalue weighted by molar-refractivity contribution is 1.11. The van der Waals surface area contributed by atoms with Gasteiger partial charge in [0.15, 0.2) is 0 Å². The van der Waals surface area contributed by atoms with Gasteiger partial charge in [-0.05, 0) is 23.8 Å². The Morgan fingerprint density at radius 3 is 2.71 bits per heavy atom. The molecule has 3 N–H and O–H groups in total. The molecule has 88 valence electrons. The van der Waals surface area contributed by atoms with Gasteiger partial charge < -0.3 is 11.1 Å². The predicted octanol–water partition coefficient (Wildman–Crippen LogP) is 3.58. The number of anilines is 2. The lowest BCUT2D eigenvalue weighted by Gasteiger charge is -2.10. The molecule has 1 aromatic carbocycles. The summed E-state index contributed by atoms with van der Waals surface area (Å²) in [5, 5.41) is 4.12. The second-order valence-electron chi connectivity index (χ2n) is 3.57. The minimum atomic E-state index is 0.455. The van der Waals surface area contributed by atoms with E-state index in [0.717, 1.165) is 11.3 Å². The van der Waals surface area contributed by atoms with Crippen LogP contribution in [0.25, 0.3) is 0 Å². The lowest BCUT2D eigenvalue weighted by Crippen LogP contribution is -2.02. The molecule has 0 bridgehead atoms. The van der Waals surface area contributed by atoms with Gasteiger partial charge in [0.25, 0.3) is 0 Å². The quantitative estimate of drug-likeness (QED) is 0.836. The first kappa shape index (κ1) is 12.0. The number of aromatic nitrogens is 1. The molecule has 0 aliphatic heterocycles. The van der Waals surface area contributed by atoms with Crippen molar-refractivity contribution in [2.45, 2.75) is 6.54 Å². The highest BCUT2D eigenvalue weighted by Gasteiger charge is 2.04. The molecule has 0 atom stereocenters. The van der Waals surface area contributed by atoms with Gasteiger partial charge in [0, 0.05) is 18.9 Å². The molecule has 0 saturated carbocycles. The number of nitrogens with zero attached hydrogens (tertiary/aromatic N) is 1. The van der Waals surface area contributed by atoms with Crippen LogP contribution in [0.4, 0.5) is 11.4 Å². The Morgan fingerprint density at radius 2 is 2.00 bits per heavy atom. The van der Waals surface area contributed by atoms with E-state index in [-0.39, 0.29) is 0 Å². The van der Waals surface area contributed by atoms with Gasteiger partial charge in [0.05, 0.1) is 21.4 Å². The normalized spacial score (nSPS) is 10.2. The van der Waals surface area contributed by atoms with Gasteiger partial charge in [0.2, 0.25) is 0 Å².